The summed E-state index contributed by atoms with van der Waals surface area (Å²) in [5.41, 5.74) is 2.94. The normalized spacial score (nSPS) is 11.0. The SMILES string of the molecule is CCc1cc(=O)[nH]c(-c2cccc(NC(=O)c3c(C)nc(C(C)C)nc3SC)c2)n1. The predicted octanol–water partition coefficient (Wildman–Crippen LogP) is 4.20. The lowest BCUT2D eigenvalue weighted by molar-refractivity contribution is 0.102. The largest absolute Gasteiger partial charge is 0.322 e. The Kier molecular flexibility index (Phi) is 6.66. The van der Waals surface area contributed by atoms with Gasteiger partial charge >= 0.3 is 0 Å². The number of anilines is 1. The summed E-state index contributed by atoms with van der Waals surface area (Å²) < 4.78 is 0. The average Bonchev–Trinajstić information content (AvgIpc) is 2.72. The predicted molar refractivity (Wildman–Crippen MR) is 120 cm³/mol. The fourth-order valence-corrected chi connectivity index (χ4v) is 3.63. The Morgan fingerprint density at radius 1 is 1.20 bits per heavy atom. The standard InChI is InChI=1S/C22H25N5O2S/c1-6-15-11-17(28)26-20(24-15)14-8-7-9-16(10-14)25-21(29)18-13(4)23-19(12(2)3)27-22(18)30-5/h7-12H,6H2,1-5H3,(H,25,29)(H,24,26,28). The Labute approximate surface area is 179 Å². The van der Waals surface area contributed by atoms with E-state index in [1.165, 1.54) is 17.8 Å². The Hall–Kier alpha value is -3.00. The van der Waals surface area contributed by atoms with Gasteiger partial charge in [0.05, 0.1) is 11.3 Å². The number of carbonyl (C=O) groups is 1. The maximum atomic E-state index is 13.0. The molecule has 0 unspecified atom stereocenters. The summed E-state index contributed by atoms with van der Waals surface area (Å²) in [5, 5.41) is 3.58. The summed E-state index contributed by atoms with van der Waals surface area (Å²) in [4.78, 5) is 41.2. The van der Waals surface area contributed by atoms with Crippen molar-refractivity contribution in [3.8, 4) is 11.4 Å². The highest BCUT2D eigenvalue weighted by Crippen LogP contribution is 2.25. The number of aromatic amines is 1. The minimum Gasteiger partial charge on any atom is -0.322 e. The molecule has 30 heavy (non-hydrogen) atoms. The van der Waals surface area contributed by atoms with E-state index in [1.54, 1.807) is 12.1 Å². The Bertz CT molecular complexity index is 1140. The molecule has 0 saturated carbocycles. The Balaban J connectivity index is 1.93. The molecule has 1 amide bonds. The lowest BCUT2D eigenvalue weighted by Crippen LogP contribution is -2.18. The molecule has 0 atom stereocenters. The van der Waals surface area contributed by atoms with Gasteiger partial charge in [0.2, 0.25) is 0 Å². The molecule has 3 aromatic rings. The number of hydrogen-bond acceptors (Lipinski definition) is 6. The van der Waals surface area contributed by atoms with Gasteiger partial charge in [-0.2, -0.15) is 0 Å². The average molecular weight is 424 g/mol. The third kappa shape index (κ3) is 4.76. The van der Waals surface area contributed by atoms with Crippen LogP contribution in [0, 0.1) is 6.92 Å². The van der Waals surface area contributed by atoms with Gasteiger partial charge in [0.1, 0.15) is 16.7 Å². The molecule has 0 bridgehead atoms. The number of aromatic nitrogens is 4. The van der Waals surface area contributed by atoms with Crippen LogP contribution in [-0.4, -0.2) is 32.1 Å². The molecule has 0 aliphatic rings. The van der Waals surface area contributed by atoms with Crippen LogP contribution in [0.4, 0.5) is 5.69 Å². The summed E-state index contributed by atoms with van der Waals surface area (Å²) in [6, 6.07) is 8.72. The molecule has 0 fully saturated rings. The number of aryl methyl sites for hydroxylation is 2. The smallest absolute Gasteiger partial charge is 0.260 e. The maximum Gasteiger partial charge on any atom is 0.260 e. The van der Waals surface area contributed by atoms with Crippen molar-refractivity contribution in [2.24, 2.45) is 0 Å². The second-order valence-corrected chi connectivity index (χ2v) is 7.97. The van der Waals surface area contributed by atoms with Crippen molar-refractivity contribution < 1.29 is 4.79 Å². The molecule has 2 N–H and O–H groups in total. The highest BCUT2D eigenvalue weighted by atomic mass is 32.2. The number of benzene rings is 1. The second kappa shape index (κ2) is 9.21. The second-order valence-electron chi connectivity index (χ2n) is 7.18. The number of nitrogens with one attached hydrogen (secondary N) is 2. The first-order valence-electron chi connectivity index (χ1n) is 9.77. The van der Waals surface area contributed by atoms with Crippen LogP contribution in [0.25, 0.3) is 11.4 Å². The van der Waals surface area contributed by atoms with Crippen LogP contribution < -0.4 is 10.9 Å². The molecular formula is C22H25N5O2S. The molecule has 7 nitrogen and oxygen atoms in total. The zero-order chi connectivity index (χ0) is 21.8. The molecule has 156 valence electrons. The highest BCUT2D eigenvalue weighted by Gasteiger charge is 2.19. The van der Waals surface area contributed by atoms with E-state index in [4.69, 9.17) is 0 Å². The number of hydrogen-bond donors (Lipinski definition) is 2. The molecule has 8 heteroatoms. The fraction of sp³-hybridized carbons (Fsp3) is 0.318. The first-order valence-corrected chi connectivity index (χ1v) is 11.0. The molecule has 1 aromatic carbocycles. The van der Waals surface area contributed by atoms with Gasteiger partial charge in [0, 0.05) is 28.9 Å². The summed E-state index contributed by atoms with van der Waals surface area (Å²) in [5.74, 6) is 1.10. The van der Waals surface area contributed by atoms with Gasteiger partial charge in [0.25, 0.3) is 11.5 Å². The van der Waals surface area contributed by atoms with E-state index >= 15 is 0 Å². The Morgan fingerprint density at radius 3 is 2.63 bits per heavy atom. The monoisotopic (exact) mass is 423 g/mol. The lowest BCUT2D eigenvalue weighted by Gasteiger charge is -2.14. The number of thioether (sulfide) groups is 1. The third-order valence-electron chi connectivity index (χ3n) is 4.56. The molecule has 0 aliphatic carbocycles. The highest BCUT2D eigenvalue weighted by molar-refractivity contribution is 7.98. The van der Waals surface area contributed by atoms with Crippen molar-refractivity contribution in [1.82, 2.24) is 19.9 Å². The van der Waals surface area contributed by atoms with E-state index < -0.39 is 0 Å². The summed E-state index contributed by atoms with van der Waals surface area (Å²) in [7, 11) is 0. The zero-order valence-electron chi connectivity index (χ0n) is 17.7. The minimum absolute atomic E-state index is 0.178. The van der Waals surface area contributed by atoms with Gasteiger partial charge in [-0.1, -0.05) is 32.9 Å². The zero-order valence-corrected chi connectivity index (χ0v) is 18.6. The quantitative estimate of drug-likeness (QED) is 0.455. The molecule has 3 rings (SSSR count). The summed E-state index contributed by atoms with van der Waals surface area (Å²) in [6.45, 7) is 7.82. The number of amides is 1. The number of nitrogens with zero attached hydrogens (tertiary/aromatic N) is 3. The summed E-state index contributed by atoms with van der Waals surface area (Å²) in [6.07, 6.45) is 2.56. The lowest BCUT2D eigenvalue weighted by atomic mass is 10.1. The first kappa shape index (κ1) is 21.7. The van der Waals surface area contributed by atoms with Gasteiger partial charge in [-0.15, -0.1) is 11.8 Å². The van der Waals surface area contributed by atoms with E-state index in [1.807, 2.05) is 46.1 Å². The van der Waals surface area contributed by atoms with Crippen molar-refractivity contribution in [3.63, 3.8) is 0 Å². The first-order chi connectivity index (χ1) is 14.3. The third-order valence-corrected chi connectivity index (χ3v) is 5.24. The minimum atomic E-state index is -0.270. The number of H-pyrrole nitrogens is 1. The van der Waals surface area contributed by atoms with Crippen LogP contribution >= 0.6 is 11.8 Å². The molecule has 2 aromatic heterocycles. The van der Waals surface area contributed by atoms with Crippen molar-refractivity contribution in [2.75, 3.05) is 11.6 Å². The maximum absolute atomic E-state index is 13.0. The van der Waals surface area contributed by atoms with Crippen molar-refractivity contribution in [1.29, 1.82) is 0 Å². The molecule has 0 aliphatic heterocycles. The van der Waals surface area contributed by atoms with E-state index in [9.17, 15) is 9.59 Å². The van der Waals surface area contributed by atoms with Gasteiger partial charge in [-0.05, 0) is 31.7 Å². The van der Waals surface area contributed by atoms with E-state index in [0.717, 1.165) is 5.82 Å². The fourth-order valence-electron chi connectivity index (χ4n) is 3.00. The van der Waals surface area contributed by atoms with Gasteiger partial charge < -0.3 is 10.3 Å². The number of rotatable bonds is 6. The van der Waals surface area contributed by atoms with Crippen LogP contribution in [0.1, 0.15) is 54.3 Å². The number of carbonyl (C=O) groups excluding carboxylic acids is 1. The van der Waals surface area contributed by atoms with E-state index in [0.29, 0.717) is 45.5 Å². The molecule has 0 saturated heterocycles. The van der Waals surface area contributed by atoms with Crippen LogP contribution in [-0.2, 0) is 6.42 Å². The van der Waals surface area contributed by atoms with Crippen molar-refractivity contribution in [3.05, 3.63) is 63.5 Å². The summed E-state index contributed by atoms with van der Waals surface area (Å²) >= 11 is 1.42. The van der Waals surface area contributed by atoms with E-state index in [2.05, 4.69) is 25.3 Å². The van der Waals surface area contributed by atoms with Gasteiger partial charge in [-0.3, -0.25) is 9.59 Å². The van der Waals surface area contributed by atoms with Gasteiger partial charge in [-0.25, -0.2) is 15.0 Å². The van der Waals surface area contributed by atoms with Crippen LogP contribution in [0.2, 0.25) is 0 Å². The Morgan fingerprint density at radius 2 is 1.97 bits per heavy atom. The van der Waals surface area contributed by atoms with Crippen LogP contribution in [0.15, 0.2) is 40.2 Å². The van der Waals surface area contributed by atoms with Gasteiger partial charge in [0.15, 0.2) is 0 Å². The van der Waals surface area contributed by atoms with E-state index in [-0.39, 0.29) is 17.4 Å². The van der Waals surface area contributed by atoms with Crippen molar-refractivity contribution in [2.45, 2.75) is 45.1 Å². The topological polar surface area (TPSA) is 101 Å². The molecule has 0 radical (unpaired) electrons. The molecular weight excluding hydrogens is 398 g/mol. The molecule has 2 heterocycles. The molecule has 0 spiro atoms. The van der Waals surface area contributed by atoms with Crippen LogP contribution in [0.5, 0.6) is 0 Å². The van der Waals surface area contributed by atoms with Crippen LogP contribution in [0.3, 0.4) is 0 Å². The van der Waals surface area contributed by atoms with Crippen molar-refractivity contribution >= 4 is 23.4 Å².